The van der Waals surface area contributed by atoms with Gasteiger partial charge in [0.1, 0.15) is 0 Å². The molecule has 0 bridgehead atoms. The molecule has 6 nitrogen and oxygen atoms in total. The van der Waals surface area contributed by atoms with Crippen LogP contribution in [-0.4, -0.2) is 45.8 Å². The average molecular weight is 196 g/mol. The third-order valence-electron chi connectivity index (χ3n) is 2.33. The van der Waals surface area contributed by atoms with Gasteiger partial charge >= 0.3 is 0 Å². The summed E-state index contributed by atoms with van der Waals surface area (Å²) in [5.74, 6) is 0.959. The van der Waals surface area contributed by atoms with Gasteiger partial charge in [-0.05, 0) is 13.0 Å². The summed E-state index contributed by atoms with van der Waals surface area (Å²) in [6, 6.07) is 0.469. The molecule has 1 aliphatic heterocycles. The summed E-state index contributed by atoms with van der Waals surface area (Å²) in [6.45, 7) is 5.51. The lowest BCUT2D eigenvalue weighted by molar-refractivity contribution is 0.162. The maximum Gasteiger partial charge on any atom is 0.243 e. The number of hydrogen-bond acceptors (Lipinski definition) is 5. The molecule has 1 fully saturated rings. The Morgan fingerprint density at radius 1 is 1.64 bits per heavy atom. The zero-order valence-corrected chi connectivity index (χ0v) is 8.32. The predicted octanol–water partition coefficient (Wildman–Crippen LogP) is -0.107. The molecule has 2 rings (SSSR count). The summed E-state index contributed by atoms with van der Waals surface area (Å²) in [6.07, 6.45) is 1.21. The Morgan fingerprint density at radius 2 is 2.43 bits per heavy atom. The highest BCUT2D eigenvalue weighted by atomic mass is 15.3. The van der Waals surface area contributed by atoms with Crippen molar-refractivity contribution in [2.45, 2.75) is 19.4 Å². The third kappa shape index (κ3) is 1.95. The van der Waals surface area contributed by atoms with E-state index in [9.17, 15) is 0 Å². The lowest BCUT2D eigenvalue weighted by atomic mass is 10.1. The molecule has 0 spiro atoms. The van der Waals surface area contributed by atoms with Gasteiger partial charge in [-0.1, -0.05) is 6.92 Å². The highest BCUT2D eigenvalue weighted by Gasteiger charge is 2.26. The van der Waals surface area contributed by atoms with Crippen LogP contribution in [0.25, 0.3) is 0 Å². The van der Waals surface area contributed by atoms with Crippen molar-refractivity contribution < 1.29 is 0 Å². The van der Waals surface area contributed by atoms with E-state index in [4.69, 9.17) is 5.73 Å². The minimum Gasteiger partial charge on any atom is -0.368 e. The van der Waals surface area contributed by atoms with Crippen LogP contribution >= 0.6 is 0 Å². The van der Waals surface area contributed by atoms with Gasteiger partial charge in [-0.3, -0.25) is 4.90 Å². The van der Waals surface area contributed by atoms with Gasteiger partial charge in [-0.15, -0.1) is 5.10 Å². The van der Waals surface area contributed by atoms with Crippen molar-refractivity contribution in [3.8, 4) is 0 Å². The van der Waals surface area contributed by atoms with Crippen LogP contribution in [0.5, 0.6) is 0 Å². The lowest BCUT2D eigenvalue weighted by Crippen LogP contribution is -2.54. The Kier molecular flexibility index (Phi) is 2.53. The minimum atomic E-state index is 0.359. The molecule has 0 unspecified atom stereocenters. The van der Waals surface area contributed by atoms with Crippen LogP contribution in [-0.2, 0) is 0 Å². The van der Waals surface area contributed by atoms with Gasteiger partial charge in [-0.25, -0.2) is 5.10 Å². The zero-order chi connectivity index (χ0) is 9.97. The molecule has 1 aromatic rings. The van der Waals surface area contributed by atoms with E-state index in [1.807, 2.05) is 0 Å². The Hall–Kier alpha value is -1.30. The number of nitrogens with zero attached hydrogens (tertiary/aromatic N) is 3. The number of hydrogen-bond donors (Lipinski definition) is 3. The zero-order valence-electron chi connectivity index (χ0n) is 8.32. The van der Waals surface area contributed by atoms with Crippen LogP contribution < -0.4 is 11.1 Å². The van der Waals surface area contributed by atoms with Gasteiger partial charge in [0, 0.05) is 13.1 Å². The summed E-state index contributed by atoms with van der Waals surface area (Å²) < 4.78 is 0. The van der Waals surface area contributed by atoms with E-state index < -0.39 is 0 Å². The fourth-order valence-corrected chi connectivity index (χ4v) is 1.68. The van der Waals surface area contributed by atoms with E-state index in [1.54, 1.807) is 0 Å². The van der Waals surface area contributed by atoms with Crippen molar-refractivity contribution in [2.75, 3.05) is 30.7 Å². The molecule has 0 radical (unpaired) electrons. The fourth-order valence-electron chi connectivity index (χ4n) is 1.68. The van der Waals surface area contributed by atoms with Crippen LogP contribution in [0.4, 0.5) is 11.9 Å². The van der Waals surface area contributed by atoms with E-state index >= 15 is 0 Å². The smallest absolute Gasteiger partial charge is 0.243 e. The first-order valence-corrected chi connectivity index (χ1v) is 4.94. The van der Waals surface area contributed by atoms with Crippen molar-refractivity contribution >= 4 is 11.9 Å². The van der Waals surface area contributed by atoms with E-state index in [1.165, 1.54) is 13.0 Å². The Balaban J connectivity index is 1.74. The van der Waals surface area contributed by atoms with Crippen molar-refractivity contribution in [3.63, 3.8) is 0 Å². The quantitative estimate of drug-likeness (QED) is 0.626. The number of nitrogen functional groups attached to an aromatic ring is 1. The lowest BCUT2D eigenvalue weighted by Gasteiger charge is -2.39. The van der Waals surface area contributed by atoms with E-state index in [0.717, 1.165) is 13.1 Å². The molecule has 0 aromatic carbocycles. The summed E-state index contributed by atoms with van der Waals surface area (Å²) in [4.78, 5) is 6.38. The predicted molar refractivity (Wildman–Crippen MR) is 54.9 cm³/mol. The van der Waals surface area contributed by atoms with Crippen LogP contribution in [0.3, 0.4) is 0 Å². The van der Waals surface area contributed by atoms with Crippen molar-refractivity contribution in [3.05, 3.63) is 0 Å². The second kappa shape index (κ2) is 3.83. The van der Waals surface area contributed by atoms with Gasteiger partial charge in [0.15, 0.2) is 0 Å². The second-order valence-corrected chi connectivity index (χ2v) is 3.65. The molecule has 0 saturated carbocycles. The molecule has 0 amide bonds. The molecule has 0 atom stereocenters. The molecule has 0 aliphatic carbocycles. The maximum absolute atomic E-state index is 5.41. The van der Waals surface area contributed by atoms with Crippen molar-refractivity contribution in [1.82, 2.24) is 20.1 Å². The molecule has 1 aliphatic rings. The molecule has 1 aromatic heterocycles. The Bertz CT molecular complexity index is 290. The van der Waals surface area contributed by atoms with Crippen LogP contribution in [0.15, 0.2) is 0 Å². The second-order valence-electron chi connectivity index (χ2n) is 3.65. The monoisotopic (exact) mass is 196 g/mol. The number of aromatic amines is 1. The first-order valence-electron chi connectivity index (χ1n) is 4.94. The first kappa shape index (κ1) is 9.26. The number of likely N-dealkylation sites (tertiary alicyclic amines) is 1. The molecule has 2 heterocycles. The van der Waals surface area contributed by atoms with E-state index in [-0.39, 0.29) is 0 Å². The first-order chi connectivity index (χ1) is 6.78. The molecule has 78 valence electrons. The molecular weight excluding hydrogens is 180 g/mol. The molecule has 6 heteroatoms. The van der Waals surface area contributed by atoms with E-state index in [2.05, 4.69) is 32.3 Å². The summed E-state index contributed by atoms with van der Waals surface area (Å²) >= 11 is 0. The Morgan fingerprint density at radius 3 is 3.00 bits per heavy atom. The number of aromatic nitrogens is 3. The van der Waals surface area contributed by atoms with Gasteiger partial charge in [-0.2, -0.15) is 4.98 Å². The number of rotatable bonds is 4. The highest BCUT2D eigenvalue weighted by molar-refractivity contribution is 5.31. The highest BCUT2D eigenvalue weighted by Crippen LogP contribution is 2.12. The number of H-pyrrole nitrogens is 1. The van der Waals surface area contributed by atoms with Gasteiger partial charge < -0.3 is 11.1 Å². The number of anilines is 2. The SMILES string of the molecule is CCCN1CC(Nc2n[nH]c(N)n2)C1. The topological polar surface area (TPSA) is 82.9 Å². The maximum atomic E-state index is 5.41. The molecule has 4 N–H and O–H groups in total. The van der Waals surface area contributed by atoms with Gasteiger partial charge in [0.2, 0.25) is 11.9 Å². The fraction of sp³-hybridized carbons (Fsp3) is 0.750. The summed E-state index contributed by atoms with van der Waals surface area (Å²) in [5, 5.41) is 9.73. The van der Waals surface area contributed by atoms with E-state index in [0.29, 0.717) is 17.9 Å². The summed E-state index contributed by atoms with van der Waals surface area (Å²) in [7, 11) is 0. The van der Waals surface area contributed by atoms with Crippen molar-refractivity contribution in [1.29, 1.82) is 0 Å². The number of nitrogens with one attached hydrogen (secondary N) is 2. The minimum absolute atomic E-state index is 0.359. The Labute approximate surface area is 82.9 Å². The van der Waals surface area contributed by atoms with Crippen LogP contribution in [0.2, 0.25) is 0 Å². The normalized spacial score (nSPS) is 18.1. The van der Waals surface area contributed by atoms with Gasteiger partial charge in [0.05, 0.1) is 6.04 Å². The van der Waals surface area contributed by atoms with Gasteiger partial charge in [0.25, 0.3) is 0 Å². The van der Waals surface area contributed by atoms with Crippen LogP contribution in [0.1, 0.15) is 13.3 Å². The molecule has 14 heavy (non-hydrogen) atoms. The largest absolute Gasteiger partial charge is 0.368 e. The third-order valence-corrected chi connectivity index (χ3v) is 2.33. The average Bonchev–Trinajstić information content (AvgIpc) is 2.48. The molecular formula is C8H16N6. The van der Waals surface area contributed by atoms with Crippen molar-refractivity contribution in [2.24, 2.45) is 0 Å². The van der Waals surface area contributed by atoms with Crippen LogP contribution in [0, 0.1) is 0 Å². The molecule has 1 saturated heterocycles. The standard InChI is InChI=1S/C8H16N6/c1-2-3-14-4-6(5-14)10-8-11-7(9)12-13-8/h6H,2-5H2,1H3,(H4,9,10,11,12,13). The summed E-state index contributed by atoms with van der Waals surface area (Å²) in [5.41, 5.74) is 5.41. The number of nitrogens with two attached hydrogens (primary N) is 1.